The van der Waals surface area contributed by atoms with E-state index in [1.165, 1.54) is 0 Å². The van der Waals surface area contributed by atoms with Gasteiger partial charge in [-0.3, -0.25) is 0 Å². The maximum absolute atomic E-state index is 11.3. The van der Waals surface area contributed by atoms with Crippen molar-refractivity contribution in [2.24, 2.45) is 28.1 Å². The van der Waals surface area contributed by atoms with Gasteiger partial charge < -0.3 is 29.2 Å². The zero-order valence-electron chi connectivity index (χ0n) is 18.4. The van der Waals surface area contributed by atoms with Crippen molar-refractivity contribution in [1.82, 2.24) is 0 Å². The molecule has 0 amide bonds. The van der Waals surface area contributed by atoms with Crippen LogP contribution in [0, 0.1) is 28.1 Å². The maximum atomic E-state index is 11.3. The van der Waals surface area contributed by atoms with E-state index in [4.69, 9.17) is 18.9 Å². The van der Waals surface area contributed by atoms with Gasteiger partial charge in [-0.05, 0) is 37.0 Å². The van der Waals surface area contributed by atoms with Gasteiger partial charge in [-0.2, -0.15) is 0 Å². The first-order valence-corrected chi connectivity index (χ1v) is 10.9. The topological polar surface area (TPSA) is 77.4 Å². The second kappa shape index (κ2) is 8.12. The molecule has 3 rings (SSSR count). The molecule has 7 atom stereocenters. The highest BCUT2D eigenvalue weighted by Crippen LogP contribution is 2.72. The predicted octanol–water partition coefficient (Wildman–Crippen LogP) is 2.60. The van der Waals surface area contributed by atoms with Gasteiger partial charge in [0.25, 0.3) is 0 Å². The highest BCUT2D eigenvalue weighted by Gasteiger charge is 2.78. The van der Waals surface area contributed by atoms with Crippen molar-refractivity contribution in [3.8, 4) is 0 Å². The number of aliphatic hydroxyl groups is 2. The molecular formula is C22H40O6. The van der Waals surface area contributed by atoms with Gasteiger partial charge >= 0.3 is 0 Å². The van der Waals surface area contributed by atoms with Gasteiger partial charge in [0.2, 0.25) is 0 Å². The number of rotatable bonds is 8. The Bertz CT molecular complexity index is 532. The molecule has 3 aliphatic rings. The lowest BCUT2D eigenvalue weighted by Crippen LogP contribution is -2.56. The Kier molecular flexibility index (Phi) is 6.51. The Morgan fingerprint density at radius 1 is 1.21 bits per heavy atom. The molecule has 2 saturated heterocycles. The van der Waals surface area contributed by atoms with Crippen LogP contribution in [0.15, 0.2) is 0 Å². The molecule has 1 aliphatic carbocycles. The molecular weight excluding hydrogens is 360 g/mol. The highest BCUT2D eigenvalue weighted by molar-refractivity contribution is 5.22. The van der Waals surface area contributed by atoms with Gasteiger partial charge in [0.1, 0.15) is 0 Å². The molecule has 0 radical (unpaired) electrons. The molecule has 164 valence electrons. The first kappa shape index (κ1) is 22.4. The Balaban J connectivity index is 2.03. The summed E-state index contributed by atoms with van der Waals surface area (Å²) in [6, 6.07) is 0. The summed E-state index contributed by atoms with van der Waals surface area (Å²) in [5.74, 6) is 0.577. The zero-order chi connectivity index (χ0) is 20.7. The molecule has 2 heterocycles. The van der Waals surface area contributed by atoms with E-state index in [2.05, 4.69) is 34.6 Å². The highest BCUT2D eigenvalue weighted by atomic mass is 16.7. The van der Waals surface area contributed by atoms with Crippen LogP contribution in [0.25, 0.3) is 0 Å². The van der Waals surface area contributed by atoms with E-state index in [1.54, 1.807) is 0 Å². The minimum Gasteiger partial charge on any atom is -0.394 e. The molecule has 0 aromatic rings. The molecule has 2 N–H and O–H groups in total. The van der Waals surface area contributed by atoms with E-state index < -0.39 is 23.2 Å². The molecule has 6 heteroatoms. The predicted molar refractivity (Wildman–Crippen MR) is 106 cm³/mol. The van der Waals surface area contributed by atoms with Crippen LogP contribution in [0.2, 0.25) is 0 Å². The largest absolute Gasteiger partial charge is 0.394 e. The van der Waals surface area contributed by atoms with Crippen LogP contribution in [-0.2, 0) is 18.9 Å². The molecule has 5 unspecified atom stereocenters. The van der Waals surface area contributed by atoms with Crippen molar-refractivity contribution in [3.63, 3.8) is 0 Å². The first-order chi connectivity index (χ1) is 13.1. The molecule has 2 aliphatic heterocycles. The van der Waals surface area contributed by atoms with Gasteiger partial charge in [-0.25, -0.2) is 0 Å². The van der Waals surface area contributed by atoms with Gasteiger partial charge in [0, 0.05) is 18.6 Å². The Morgan fingerprint density at radius 3 is 2.50 bits per heavy atom. The number of hydrogen-bond acceptors (Lipinski definition) is 6. The van der Waals surface area contributed by atoms with Crippen LogP contribution in [0.1, 0.15) is 54.4 Å². The summed E-state index contributed by atoms with van der Waals surface area (Å²) < 4.78 is 24.5. The summed E-state index contributed by atoms with van der Waals surface area (Å²) >= 11 is 0. The molecule has 0 bridgehead atoms. The lowest BCUT2D eigenvalue weighted by molar-refractivity contribution is -0.149. The third kappa shape index (κ3) is 3.34. The summed E-state index contributed by atoms with van der Waals surface area (Å²) in [7, 11) is 0. The van der Waals surface area contributed by atoms with Crippen molar-refractivity contribution in [2.45, 2.75) is 79.0 Å². The monoisotopic (exact) mass is 400 g/mol. The van der Waals surface area contributed by atoms with Crippen molar-refractivity contribution >= 4 is 0 Å². The summed E-state index contributed by atoms with van der Waals surface area (Å²) in [4.78, 5) is 0. The Hall–Kier alpha value is -0.240. The number of hydrogen-bond donors (Lipinski definition) is 2. The average Bonchev–Trinajstić information content (AvgIpc) is 3.19. The summed E-state index contributed by atoms with van der Waals surface area (Å²) in [6.45, 7) is 14.8. The smallest absolute Gasteiger partial charge is 0.166 e. The average molecular weight is 401 g/mol. The second-order valence-electron chi connectivity index (χ2n) is 10.4. The van der Waals surface area contributed by atoms with Crippen molar-refractivity contribution in [1.29, 1.82) is 0 Å². The van der Waals surface area contributed by atoms with E-state index in [9.17, 15) is 10.2 Å². The maximum Gasteiger partial charge on any atom is 0.166 e. The molecule has 0 aromatic heterocycles. The van der Waals surface area contributed by atoms with E-state index in [0.717, 1.165) is 6.42 Å². The van der Waals surface area contributed by atoms with Crippen molar-refractivity contribution < 1.29 is 29.2 Å². The van der Waals surface area contributed by atoms with E-state index >= 15 is 0 Å². The van der Waals surface area contributed by atoms with Crippen LogP contribution in [-0.4, -0.2) is 67.8 Å². The molecule has 0 aromatic carbocycles. The van der Waals surface area contributed by atoms with Crippen molar-refractivity contribution in [3.05, 3.63) is 0 Å². The van der Waals surface area contributed by atoms with Crippen LogP contribution in [0.5, 0.6) is 0 Å². The second-order valence-corrected chi connectivity index (χ2v) is 10.4. The number of aliphatic hydroxyl groups excluding tert-OH is 2. The van der Waals surface area contributed by atoms with E-state index in [1.807, 2.05) is 6.92 Å². The van der Waals surface area contributed by atoms with Crippen LogP contribution in [0.4, 0.5) is 0 Å². The quantitative estimate of drug-likeness (QED) is 0.652. The minimum atomic E-state index is -0.612. The van der Waals surface area contributed by atoms with Gasteiger partial charge in [-0.1, -0.05) is 34.6 Å². The summed E-state index contributed by atoms with van der Waals surface area (Å²) in [6.07, 6.45) is 0.0567. The van der Waals surface area contributed by atoms with Crippen LogP contribution >= 0.6 is 0 Å². The standard InChI is InChI=1S/C22H40O6/c1-7-25-18-8-16(20(4,5)6)22-17(24)12-27-19(22)28-13-21(18,22)9-15(10-23)26-11-14(2)3/h14-19,23-24H,7-13H2,1-6H3/t15?,16-,17-,18?,19?,21?,22?/m0/s1. The van der Waals surface area contributed by atoms with Crippen molar-refractivity contribution in [2.75, 3.05) is 33.0 Å². The minimum absolute atomic E-state index is 0.0365. The third-order valence-corrected chi connectivity index (χ3v) is 7.22. The number of ether oxygens (including phenoxy) is 4. The molecule has 6 nitrogen and oxygen atoms in total. The van der Waals surface area contributed by atoms with E-state index in [-0.39, 0.29) is 36.8 Å². The Labute approximate surface area is 169 Å². The Morgan fingerprint density at radius 2 is 1.93 bits per heavy atom. The zero-order valence-corrected chi connectivity index (χ0v) is 18.4. The normalized spacial score (nSPS) is 41.5. The fourth-order valence-corrected chi connectivity index (χ4v) is 6.24. The van der Waals surface area contributed by atoms with Gasteiger partial charge in [0.05, 0.1) is 43.5 Å². The first-order valence-electron chi connectivity index (χ1n) is 10.9. The van der Waals surface area contributed by atoms with Crippen LogP contribution in [0.3, 0.4) is 0 Å². The lowest BCUT2D eigenvalue weighted by Gasteiger charge is -2.49. The molecule has 28 heavy (non-hydrogen) atoms. The molecule has 1 spiro atoms. The van der Waals surface area contributed by atoms with Crippen LogP contribution < -0.4 is 0 Å². The van der Waals surface area contributed by atoms with Gasteiger partial charge in [-0.15, -0.1) is 0 Å². The molecule has 1 saturated carbocycles. The molecule has 3 fully saturated rings. The SMILES string of the molecule is CCOC1C[C@@H](C(C)(C)C)C23C(OC[C@@H]2O)OCC13CC(CO)OCC(C)C. The summed E-state index contributed by atoms with van der Waals surface area (Å²) in [5, 5.41) is 21.3. The van der Waals surface area contributed by atoms with Gasteiger partial charge in [0.15, 0.2) is 6.29 Å². The van der Waals surface area contributed by atoms with E-state index in [0.29, 0.717) is 32.2 Å². The third-order valence-electron chi connectivity index (χ3n) is 7.22. The fourth-order valence-electron chi connectivity index (χ4n) is 6.24. The fraction of sp³-hybridized carbons (Fsp3) is 1.00. The lowest BCUT2D eigenvalue weighted by atomic mass is 9.54. The summed E-state index contributed by atoms with van der Waals surface area (Å²) in [5.41, 5.74) is -1.02.